The number of carboxylic acids is 1. The molecule has 0 aliphatic carbocycles. The van der Waals surface area contributed by atoms with E-state index in [-0.39, 0.29) is 0 Å². The smallest absolute Gasteiger partial charge is 0.326 e. The van der Waals surface area contributed by atoms with Crippen molar-refractivity contribution < 1.29 is 24.6 Å². The summed E-state index contributed by atoms with van der Waals surface area (Å²) in [4.78, 5) is 34.8. The number of primary amides is 1. The van der Waals surface area contributed by atoms with Crippen molar-refractivity contribution in [2.24, 2.45) is 5.73 Å². The molecular weight excluding hydrogens is 254 g/mol. The molecule has 0 aromatic rings. The zero-order valence-corrected chi connectivity index (χ0v) is 10.8. The lowest BCUT2D eigenvalue weighted by molar-refractivity contribution is -0.141. The maximum absolute atomic E-state index is 11.8. The van der Waals surface area contributed by atoms with Crippen LogP contribution >= 0.6 is 0 Å². The first-order valence-corrected chi connectivity index (χ1v) is 6.00. The molecule has 1 fully saturated rings. The van der Waals surface area contributed by atoms with E-state index in [4.69, 9.17) is 10.8 Å². The Labute approximate surface area is 110 Å². The van der Waals surface area contributed by atoms with Gasteiger partial charge in [-0.1, -0.05) is 0 Å². The van der Waals surface area contributed by atoms with E-state index in [1.807, 2.05) is 0 Å². The van der Waals surface area contributed by atoms with Gasteiger partial charge in [0, 0.05) is 13.1 Å². The number of nitrogens with two attached hydrogens (primary N) is 1. The lowest BCUT2D eigenvalue weighted by atomic mass is 9.94. The van der Waals surface area contributed by atoms with E-state index in [1.54, 1.807) is 6.92 Å². The molecule has 1 heterocycles. The highest BCUT2D eigenvalue weighted by atomic mass is 16.4. The fourth-order valence-electron chi connectivity index (χ4n) is 1.83. The Hall–Kier alpha value is -1.83. The predicted octanol–water partition coefficient (Wildman–Crippen LogP) is -1.13. The standard InChI is InChI=1S/C11H19N3O5/c1-11(19)2-4-14(5-3-11)10(18)13-7(9(16)17)6-8(12)15/h7,19H,2-6H2,1H3,(H2,12,15)(H,13,18)(H,16,17). The number of hydrogen-bond acceptors (Lipinski definition) is 4. The van der Waals surface area contributed by atoms with E-state index in [0.717, 1.165) is 0 Å². The Morgan fingerprint density at radius 1 is 1.37 bits per heavy atom. The van der Waals surface area contributed by atoms with E-state index in [2.05, 4.69) is 5.32 Å². The fraction of sp³-hybridized carbons (Fsp3) is 0.727. The Morgan fingerprint density at radius 2 is 1.89 bits per heavy atom. The van der Waals surface area contributed by atoms with E-state index >= 15 is 0 Å². The predicted molar refractivity (Wildman–Crippen MR) is 65.2 cm³/mol. The lowest BCUT2D eigenvalue weighted by Crippen LogP contribution is -2.53. The first kappa shape index (κ1) is 15.2. The summed E-state index contributed by atoms with van der Waals surface area (Å²) in [5.41, 5.74) is 4.13. The van der Waals surface area contributed by atoms with Gasteiger partial charge in [0.1, 0.15) is 6.04 Å². The van der Waals surface area contributed by atoms with Crippen LogP contribution in [0.4, 0.5) is 4.79 Å². The van der Waals surface area contributed by atoms with Gasteiger partial charge in [-0.3, -0.25) is 4.79 Å². The third kappa shape index (κ3) is 4.74. The van der Waals surface area contributed by atoms with Gasteiger partial charge in [-0.2, -0.15) is 0 Å². The second-order valence-electron chi connectivity index (χ2n) is 4.99. The summed E-state index contributed by atoms with van der Waals surface area (Å²) in [6.07, 6.45) is 0.397. The Bertz CT molecular complexity index is 373. The summed E-state index contributed by atoms with van der Waals surface area (Å²) in [6.45, 7) is 2.36. The normalized spacial score (nSPS) is 19.6. The summed E-state index contributed by atoms with van der Waals surface area (Å²) in [5, 5.41) is 20.9. The zero-order valence-electron chi connectivity index (χ0n) is 10.8. The SMILES string of the molecule is CC1(O)CCN(C(=O)NC(CC(N)=O)C(=O)O)CC1. The average Bonchev–Trinajstić information content (AvgIpc) is 2.27. The minimum atomic E-state index is -1.33. The van der Waals surface area contributed by atoms with E-state index < -0.39 is 36.0 Å². The third-order valence-corrected chi connectivity index (χ3v) is 3.13. The van der Waals surface area contributed by atoms with Crippen molar-refractivity contribution in [1.29, 1.82) is 0 Å². The van der Waals surface area contributed by atoms with Crippen molar-refractivity contribution in [2.75, 3.05) is 13.1 Å². The molecule has 0 saturated carbocycles. The number of piperidine rings is 1. The van der Waals surface area contributed by atoms with Crippen molar-refractivity contribution >= 4 is 17.9 Å². The number of nitrogens with one attached hydrogen (secondary N) is 1. The quantitative estimate of drug-likeness (QED) is 0.514. The number of carboxylic acid groups (broad SMARTS) is 1. The summed E-state index contributed by atoms with van der Waals surface area (Å²) in [6, 6.07) is -1.89. The number of rotatable bonds is 4. The third-order valence-electron chi connectivity index (χ3n) is 3.13. The monoisotopic (exact) mass is 273 g/mol. The van der Waals surface area contributed by atoms with Crippen molar-refractivity contribution in [1.82, 2.24) is 10.2 Å². The maximum Gasteiger partial charge on any atom is 0.326 e. The molecule has 108 valence electrons. The molecule has 1 aliphatic rings. The molecular formula is C11H19N3O5. The van der Waals surface area contributed by atoms with E-state index in [0.29, 0.717) is 25.9 Å². The van der Waals surface area contributed by atoms with E-state index in [1.165, 1.54) is 4.90 Å². The molecule has 3 amide bonds. The van der Waals surface area contributed by atoms with Gasteiger partial charge >= 0.3 is 12.0 Å². The molecule has 0 radical (unpaired) electrons. The van der Waals surface area contributed by atoms with Crippen molar-refractivity contribution in [2.45, 2.75) is 37.8 Å². The minimum Gasteiger partial charge on any atom is -0.480 e. The van der Waals surface area contributed by atoms with Crippen molar-refractivity contribution in [3.63, 3.8) is 0 Å². The lowest BCUT2D eigenvalue weighted by Gasteiger charge is -2.36. The van der Waals surface area contributed by atoms with Crippen LogP contribution in [0.15, 0.2) is 0 Å². The number of amides is 3. The molecule has 0 aromatic heterocycles. The first-order valence-electron chi connectivity index (χ1n) is 6.00. The number of hydrogen-bond donors (Lipinski definition) is 4. The van der Waals surface area contributed by atoms with E-state index in [9.17, 15) is 19.5 Å². The van der Waals surface area contributed by atoms with Crippen LogP contribution in [0.25, 0.3) is 0 Å². The minimum absolute atomic E-state index is 0.335. The molecule has 0 aromatic carbocycles. The van der Waals surface area contributed by atoms with Crippen LogP contribution in [0.2, 0.25) is 0 Å². The zero-order chi connectivity index (χ0) is 14.6. The summed E-state index contributed by atoms with van der Waals surface area (Å²) < 4.78 is 0. The highest BCUT2D eigenvalue weighted by molar-refractivity contribution is 5.87. The van der Waals surface area contributed by atoms with Crippen LogP contribution in [0.3, 0.4) is 0 Å². The molecule has 1 aliphatic heterocycles. The molecule has 1 unspecified atom stereocenters. The molecule has 1 atom stereocenters. The van der Waals surface area contributed by atoms with Gasteiger partial charge in [0.2, 0.25) is 5.91 Å². The van der Waals surface area contributed by atoms with Gasteiger partial charge in [0.05, 0.1) is 12.0 Å². The number of carbonyl (C=O) groups excluding carboxylic acids is 2. The summed E-state index contributed by atoms with van der Waals surface area (Å²) >= 11 is 0. The van der Waals surface area contributed by atoms with Crippen LogP contribution in [-0.4, -0.2) is 57.8 Å². The molecule has 19 heavy (non-hydrogen) atoms. The highest BCUT2D eigenvalue weighted by Crippen LogP contribution is 2.20. The van der Waals surface area contributed by atoms with Gasteiger partial charge in [-0.05, 0) is 19.8 Å². The van der Waals surface area contributed by atoms with Crippen molar-refractivity contribution in [3.8, 4) is 0 Å². The van der Waals surface area contributed by atoms with Crippen LogP contribution in [-0.2, 0) is 9.59 Å². The largest absolute Gasteiger partial charge is 0.480 e. The molecule has 1 saturated heterocycles. The van der Waals surface area contributed by atoms with Crippen molar-refractivity contribution in [3.05, 3.63) is 0 Å². The maximum atomic E-state index is 11.8. The second kappa shape index (κ2) is 5.87. The van der Waals surface area contributed by atoms with Crippen LogP contribution in [0.5, 0.6) is 0 Å². The topological polar surface area (TPSA) is 133 Å². The highest BCUT2D eigenvalue weighted by Gasteiger charge is 2.31. The first-order chi connectivity index (χ1) is 8.71. The molecule has 8 heteroatoms. The van der Waals surface area contributed by atoms with Crippen LogP contribution in [0, 0.1) is 0 Å². The molecule has 1 rings (SSSR count). The van der Waals surface area contributed by atoms with Gasteiger partial charge in [-0.15, -0.1) is 0 Å². The molecule has 5 N–H and O–H groups in total. The van der Waals surface area contributed by atoms with Crippen LogP contribution in [0.1, 0.15) is 26.2 Å². The summed E-state index contributed by atoms with van der Waals surface area (Å²) in [5.74, 6) is -2.11. The number of urea groups is 1. The number of carbonyl (C=O) groups is 3. The molecule has 8 nitrogen and oxygen atoms in total. The number of likely N-dealkylation sites (tertiary alicyclic amines) is 1. The Kier molecular flexibility index (Phi) is 4.71. The molecule has 0 spiro atoms. The Balaban J connectivity index is 2.53. The number of aliphatic hydroxyl groups is 1. The van der Waals surface area contributed by atoms with Gasteiger partial charge in [0.15, 0.2) is 0 Å². The number of nitrogens with zero attached hydrogens (tertiary/aromatic N) is 1. The number of aliphatic carboxylic acids is 1. The Morgan fingerprint density at radius 3 is 2.32 bits per heavy atom. The van der Waals surface area contributed by atoms with Gasteiger partial charge < -0.3 is 26.2 Å². The second-order valence-corrected chi connectivity index (χ2v) is 4.99. The van der Waals surface area contributed by atoms with Crippen LogP contribution < -0.4 is 11.1 Å². The van der Waals surface area contributed by atoms with Gasteiger partial charge in [0.25, 0.3) is 0 Å². The average molecular weight is 273 g/mol. The molecule has 0 bridgehead atoms. The fourth-order valence-corrected chi connectivity index (χ4v) is 1.83. The van der Waals surface area contributed by atoms with Gasteiger partial charge in [-0.25, -0.2) is 9.59 Å². The summed E-state index contributed by atoms with van der Waals surface area (Å²) in [7, 11) is 0.